The van der Waals surface area contributed by atoms with Crippen molar-refractivity contribution in [3.63, 3.8) is 0 Å². The van der Waals surface area contributed by atoms with E-state index in [2.05, 4.69) is 21.4 Å². The van der Waals surface area contributed by atoms with Gasteiger partial charge in [-0.3, -0.25) is 0 Å². The number of hydrogen-bond acceptors (Lipinski definition) is 0. The first-order chi connectivity index (χ1) is 4.43. The molecule has 0 saturated carbocycles. The van der Waals surface area contributed by atoms with Gasteiger partial charge in [-0.25, -0.2) is 0 Å². The molecule has 1 unspecified atom stereocenters. The highest BCUT2D eigenvalue weighted by Crippen LogP contribution is 2.01. The van der Waals surface area contributed by atoms with Gasteiger partial charge >= 0.3 is 0 Å². The zero-order chi connectivity index (χ0) is 6.53. The first-order valence-corrected chi connectivity index (χ1v) is 3.53. The summed E-state index contributed by atoms with van der Waals surface area (Å²) in [7, 11) is 2.55. The van der Waals surface area contributed by atoms with E-state index in [0.717, 1.165) is 0 Å². The summed E-state index contributed by atoms with van der Waals surface area (Å²) in [5, 5.41) is 0. The summed E-state index contributed by atoms with van der Waals surface area (Å²) in [5.41, 5.74) is 1.24. The lowest BCUT2D eigenvalue weighted by Gasteiger charge is -1.86. The fourth-order valence-electron chi connectivity index (χ4n) is 0.675. The van der Waals surface area contributed by atoms with Crippen molar-refractivity contribution >= 4 is 15.3 Å². The van der Waals surface area contributed by atoms with Gasteiger partial charge in [-0.2, -0.15) is 0 Å². The average molecular weight is 136 g/mol. The molecule has 0 aliphatic rings. The fourth-order valence-corrected chi connectivity index (χ4v) is 0.897. The van der Waals surface area contributed by atoms with E-state index >= 15 is 0 Å². The molecule has 0 aliphatic heterocycles. The van der Waals surface area contributed by atoms with Crippen LogP contribution in [-0.4, -0.2) is 0 Å². The van der Waals surface area contributed by atoms with E-state index in [1.54, 1.807) is 0 Å². The van der Waals surface area contributed by atoms with Gasteiger partial charge in [0.1, 0.15) is 0 Å². The minimum atomic E-state index is 1.24. The second-order valence-electron chi connectivity index (χ2n) is 1.77. The Morgan fingerprint density at radius 3 is 2.33 bits per heavy atom. The normalized spacial score (nSPS) is 10.3. The minimum absolute atomic E-state index is 1.24. The zero-order valence-corrected chi connectivity index (χ0v) is 6.27. The third kappa shape index (κ3) is 1.99. The Kier molecular flexibility index (Phi) is 2.48. The monoisotopic (exact) mass is 136 g/mol. The summed E-state index contributed by atoms with van der Waals surface area (Å²) >= 11 is 0. The molecule has 0 spiro atoms. The molecule has 1 aromatic rings. The van der Waals surface area contributed by atoms with Gasteiger partial charge in [0.25, 0.3) is 0 Å². The topological polar surface area (TPSA) is 0 Å². The Hall–Kier alpha value is -0.610. The van der Waals surface area contributed by atoms with Gasteiger partial charge in [-0.15, -0.1) is 9.24 Å². The van der Waals surface area contributed by atoms with E-state index in [1.807, 2.05) is 30.1 Å². The molecule has 0 amide bonds. The molecule has 0 heterocycles. The van der Waals surface area contributed by atoms with Crippen molar-refractivity contribution in [2.45, 2.75) is 0 Å². The molecule has 1 atom stereocenters. The fraction of sp³-hybridized carbons (Fsp3) is 0. The van der Waals surface area contributed by atoms with Gasteiger partial charge < -0.3 is 0 Å². The van der Waals surface area contributed by atoms with Crippen LogP contribution in [0.25, 0.3) is 6.08 Å². The lowest BCUT2D eigenvalue weighted by atomic mass is 10.2. The van der Waals surface area contributed by atoms with Crippen molar-refractivity contribution in [1.29, 1.82) is 0 Å². The second kappa shape index (κ2) is 3.42. The van der Waals surface area contributed by atoms with Crippen LogP contribution < -0.4 is 0 Å². The summed E-state index contributed by atoms with van der Waals surface area (Å²) in [6, 6.07) is 10.2. The minimum Gasteiger partial charge on any atom is -0.114 e. The Morgan fingerprint density at radius 1 is 1.11 bits per heavy atom. The third-order valence-electron chi connectivity index (χ3n) is 1.09. The summed E-state index contributed by atoms with van der Waals surface area (Å²) < 4.78 is 0. The van der Waals surface area contributed by atoms with E-state index in [-0.39, 0.29) is 0 Å². The van der Waals surface area contributed by atoms with Gasteiger partial charge in [-0.05, 0) is 5.56 Å². The van der Waals surface area contributed by atoms with Crippen molar-refractivity contribution in [2.75, 3.05) is 0 Å². The Morgan fingerprint density at radius 2 is 1.78 bits per heavy atom. The average Bonchev–Trinajstić information content (AvgIpc) is 1.91. The molecule has 1 rings (SSSR count). The predicted octanol–water partition coefficient (Wildman–Crippen LogP) is 2.53. The van der Waals surface area contributed by atoms with Crippen LogP contribution in [0.1, 0.15) is 5.56 Å². The molecule has 0 fully saturated rings. The van der Waals surface area contributed by atoms with Gasteiger partial charge in [0, 0.05) is 0 Å². The highest BCUT2D eigenvalue weighted by atomic mass is 31.0. The van der Waals surface area contributed by atoms with Crippen LogP contribution in [0.3, 0.4) is 0 Å². The molecule has 0 saturated heterocycles. The molecule has 9 heavy (non-hydrogen) atoms. The molecule has 1 heteroatoms. The number of hydrogen-bond donors (Lipinski definition) is 0. The van der Waals surface area contributed by atoms with Crippen LogP contribution in [0.5, 0.6) is 0 Å². The molecule has 46 valence electrons. The highest BCUT2D eigenvalue weighted by Gasteiger charge is 1.77. The SMILES string of the molecule is P/C=C\c1ccccc1. The van der Waals surface area contributed by atoms with Crippen molar-refractivity contribution in [1.82, 2.24) is 0 Å². The van der Waals surface area contributed by atoms with Crippen LogP contribution in [0.15, 0.2) is 36.1 Å². The first-order valence-electron chi connectivity index (χ1n) is 2.87. The summed E-state index contributed by atoms with van der Waals surface area (Å²) in [6.07, 6.45) is 2.05. The van der Waals surface area contributed by atoms with Crippen LogP contribution in [-0.2, 0) is 0 Å². The largest absolute Gasteiger partial charge is 0.114 e. The maximum Gasteiger partial charge on any atom is -0.0256 e. The van der Waals surface area contributed by atoms with Gasteiger partial charge in [0.2, 0.25) is 0 Å². The molecule has 0 radical (unpaired) electrons. The van der Waals surface area contributed by atoms with E-state index in [1.165, 1.54) is 5.56 Å². The molecule has 0 bridgehead atoms. The molecule has 1 aromatic carbocycles. The zero-order valence-electron chi connectivity index (χ0n) is 5.12. The predicted molar refractivity (Wildman–Crippen MR) is 45.2 cm³/mol. The molecular weight excluding hydrogens is 127 g/mol. The highest BCUT2D eigenvalue weighted by molar-refractivity contribution is 7.21. The Balaban J connectivity index is 2.85. The molecular formula is C8H9P. The van der Waals surface area contributed by atoms with Crippen LogP contribution in [0.2, 0.25) is 0 Å². The first kappa shape index (κ1) is 6.51. The Bertz CT molecular complexity index is 189. The smallest absolute Gasteiger partial charge is 0.0256 e. The van der Waals surface area contributed by atoms with Crippen molar-refractivity contribution in [3.8, 4) is 0 Å². The van der Waals surface area contributed by atoms with E-state index in [9.17, 15) is 0 Å². The van der Waals surface area contributed by atoms with Gasteiger partial charge in [0.15, 0.2) is 0 Å². The maximum absolute atomic E-state index is 2.55. The lowest BCUT2D eigenvalue weighted by molar-refractivity contribution is 1.67. The van der Waals surface area contributed by atoms with E-state index in [0.29, 0.717) is 0 Å². The lowest BCUT2D eigenvalue weighted by Crippen LogP contribution is -1.64. The second-order valence-corrected chi connectivity index (χ2v) is 2.15. The van der Waals surface area contributed by atoms with Crippen molar-refractivity contribution in [2.24, 2.45) is 0 Å². The third-order valence-corrected chi connectivity index (χ3v) is 1.28. The molecule has 0 aromatic heterocycles. The van der Waals surface area contributed by atoms with Crippen molar-refractivity contribution < 1.29 is 0 Å². The summed E-state index contributed by atoms with van der Waals surface area (Å²) in [5.74, 6) is 1.95. The molecule has 0 N–H and O–H groups in total. The van der Waals surface area contributed by atoms with E-state index < -0.39 is 0 Å². The van der Waals surface area contributed by atoms with Crippen molar-refractivity contribution in [3.05, 3.63) is 41.7 Å². The Labute approximate surface area is 57.8 Å². The number of rotatable bonds is 1. The van der Waals surface area contributed by atoms with E-state index in [4.69, 9.17) is 0 Å². The molecule has 0 nitrogen and oxygen atoms in total. The van der Waals surface area contributed by atoms with Gasteiger partial charge in [-0.1, -0.05) is 42.2 Å². The summed E-state index contributed by atoms with van der Waals surface area (Å²) in [6.45, 7) is 0. The quantitative estimate of drug-likeness (QED) is 0.520. The maximum atomic E-state index is 2.55. The standard InChI is InChI=1S/C8H9P/c9-7-6-8-4-2-1-3-5-8/h1-7H,9H2/b7-6-. The van der Waals surface area contributed by atoms with Gasteiger partial charge in [0.05, 0.1) is 0 Å². The van der Waals surface area contributed by atoms with Crippen LogP contribution in [0, 0.1) is 0 Å². The van der Waals surface area contributed by atoms with Crippen LogP contribution >= 0.6 is 9.24 Å². The summed E-state index contributed by atoms with van der Waals surface area (Å²) in [4.78, 5) is 0. The molecule has 0 aliphatic carbocycles. The number of benzene rings is 1. The van der Waals surface area contributed by atoms with Crippen LogP contribution in [0.4, 0.5) is 0 Å².